The molecule has 3 rings (SSSR count). The maximum absolute atomic E-state index is 12.1. The van der Waals surface area contributed by atoms with Gasteiger partial charge >= 0.3 is 0 Å². The van der Waals surface area contributed by atoms with Crippen molar-refractivity contribution in [3.05, 3.63) is 30.1 Å². The van der Waals surface area contributed by atoms with Crippen LogP contribution in [0, 0.1) is 0 Å². The van der Waals surface area contributed by atoms with E-state index in [1.807, 2.05) is 12.1 Å². The number of fused-ring (bicyclic) bond motifs is 1. The lowest BCUT2D eigenvalue weighted by Crippen LogP contribution is -2.53. The quantitative estimate of drug-likeness (QED) is 0.748. The molecule has 2 aliphatic heterocycles. The molecule has 0 saturated carbocycles. The molecule has 2 aliphatic rings. The Labute approximate surface area is 123 Å². The number of aromatic nitrogens is 1. The number of morpholine rings is 1. The number of ether oxygens (including phenoxy) is 1. The number of sulfonamides is 1. The van der Waals surface area contributed by atoms with Crippen LogP contribution in [0.25, 0.3) is 0 Å². The molecule has 114 valence electrons. The summed E-state index contributed by atoms with van der Waals surface area (Å²) in [4.78, 5) is 17.8. The van der Waals surface area contributed by atoms with Gasteiger partial charge in [0, 0.05) is 32.0 Å². The van der Waals surface area contributed by atoms with Crippen LogP contribution in [0.2, 0.25) is 0 Å². The molecule has 0 aromatic carbocycles. The van der Waals surface area contributed by atoms with E-state index < -0.39 is 10.0 Å². The molecule has 0 radical (unpaired) electrons. The maximum atomic E-state index is 12.1. The van der Waals surface area contributed by atoms with Crippen molar-refractivity contribution in [1.29, 1.82) is 0 Å². The Morgan fingerprint density at radius 3 is 2.71 bits per heavy atom. The minimum atomic E-state index is -3.27. The summed E-state index contributed by atoms with van der Waals surface area (Å²) in [7, 11) is -3.27. The normalized spacial score (nSPS) is 26.9. The predicted molar refractivity (Wildman–Crippen MR) is 74.7 cm³/mol. The fraction of sp³-hybridized carbons (Fsp3) is 0.538. The minimum absolute atomic E-state index is 0.00382. The first-order chi connectivity index (χ1) is 9.95. The zero-order valence-electron chi connectivity index (χ0n) is 11.7. The smallest absolute Gasteiger partial charge is 0.249 e. The van der Waals surface area contributed by atoms with Gasteiger partial charge in [0.1, 0.15) is 6.61 Å². The monoisotopic (exact) mass is 311 g/mol. The van der Waals surface area contributed by atoms with Crippen molar-refractivity contribution < 1.29 is 17.9 Å². The third-order valence-electron chi connectivity index (χ3n) is 3.92. The fourth-order valence-electron chi connectivity index (χ4n) is 2.79. The third-order valence-corrected chi connectivity index (χ3v) is 5.15. The van der Waals surface area contributed by atoms with Crippen molar-refractivity contribution in [3.63, 3.8) is 0 Å². The molecule has 0 unspecified atom stereocenters. The second-order valence-electron chi connectivity index (χ2n) is 5.37. The summed E-state index contributed by atoms with van der Waals surface area (Å²) in [6.45, 7) is 1.05. The average molecular weight is 311 g/mol. The van der Waals surface area contributed by atoms with Gasteiger partial charge in [0.05, 0.1) is 18.4 Å². The molecule has 2 saturated heterocycles. The Morgan fingerprint density at radius 2 is 2.05 bits per heavy atom. The standard InChI is InChI=1S/C13H17N3O4S/c1-21(18,19)15-7-11-12(8-15)20-9-13(17)16(11)6-10-2-4-14-5-3-10/h2-5,11-12H,6-9H2,1H3/t11-,12+/m1/s1. The molecule has 2 atom stereocenters. The number of carbonyl (C=O) groups excluding carboxylic acids is 1. The first-order valence-corrected chi connectivity index (χ1v) is 8.55. The van der Waals surface area contributed by atoms with E-state index in [0.717, 1.165) is 5.56 Å². The van der Waals surface area contributed by atoms with Crippen molar-refractivity contribution in [2.45, 2.75) is 18.7 Å². The molecule has 0 spiro atoms. The molecular formula is C13H17N3O4S. The molecule has 7 nitrogen and oxygen atoms in total. The highest BCUT2D eigenvalue weighted by Gasteiger charge is 2.45. The Hall–Kier alpha value is -1.51. The van der Waals surface area contributed by atoms with Gasteiger partial charge < -0.3 is 9.64 Å². The van der Waals surface area contributed by atoms with Crippen LogP contribution in [-0.4, -0.2) is 66.6 Å². The molecule has 0 N–H and O–H groups in total. The van der Waals surface area contributed by atoms with E-state index in [1.165, 1.54) is 10.6 Å². The lowest BCUT2D eigenvalue weighted by molar-refractivity contribution is -0.153. The third kappa shape index (κ3) is 2.92. The summed E-state index contributed by atoms with van der Waals surface area (Å²) in [6, 6.07) is 3.47. The van der Waals surface area contributed by atoms with E-state index in [2.05, 4.69) is 4.98 Å². The lowest BCUT2D eigenvalue weighted by Gasteiger charge is -2.36. The topological polar surface area (TPSA) is 79.8 Å². The molecule has 2 fully saturated rings. The summed E-state index contributed by atoms with van der Waals surface area (Å²) in [5.74, 6) is -0.108. The largest absolute Gasteiger partial charge is 0.365 e. The van der Waals surface area contributed by atoms with Crippen LogP contribution in [0.15, 0.2) is 24.5 Å². The highest BCUT2D eigenvalue weighted by Crippen LogP contribution is 2.26. The Morgan fingerprint density at radius 1 is 1.33 bits per heavy atom. The summed E-state index contributed by atoms with van der Waals surface area (Å²) in [6.07, 6.45) is 4.28. The first-order valence-electron chi connectivity index (χ1n) is 6.70. The Bertz CT molecular complexity index is 634. The van der Waals surface area contributed by atoms with Gasteiger partial charge in [0.15, 0.2) is 0 Å². The van der Waals surface area contributed by atoms with Crippen LogP contribution in [0.4, 0.5) is 0 Å². The second-order valence-corrected chi connectivity index (χ2v) is 7.36. The molecule has 0 aliphatic carbocycles. The van der Waals surface area contributed by atoms with Crippen LogP contribution in [0.3, 0.4) is 0 Å². The number of hydrogen-bond acceptors (Lipinski definition) is 5. The van der Waals surface area contributed by atoms with Gasteiger partial charge in [-0.1, -0.05) is 0 Å². The van der Waals surface area contributed by atoms with Crippen LogP contribution in [0.5, 0.6) is 0 Å². The summed E-state index contributed by atoms with van der Waals surface area (Å²) >= 11 is 0. The highest BCUT2D eigenvalue weighted by atomic mass is 32.2. The van der Waals surface area contributed by atoms with Crippen molar-refractivity contribution in [3.8, 4) is 0 Å². The van der Waals surface area contributed by atoms with E-state index in [9.17, 15) is 13.2 Å². The van der Waals surface area contributed by atoms with E-state index >= 15 is 0 Å². The molecule has 3 heterocycles. The van der Waals surface area contributed by atoms with Crippen LogP contribution in [-0.2, 0) is 26.1 Å². The number of rotatable bonds is 3. The number of amides is 1. The SMILES string of the molecule is CS(=O)(=O)N1C[C@@H]2OCC(=O)N(Cc3ccncc3)[C@@H]2C1. The van der Waals surface area contributed by atoms with E-state index in [1.54, 1.807) is 17.3 Å². The molecule has 1 aromatic heterocycles. The predicted octanol–water partition coefficient (Wildman–Crippen LogP) is -0.547. The molecule has 1 amide bonds. The number of hydrogen-bond donors (Lipinski definition) is 0. The Kier molecular flexibility index (Phi) is 3.68. The van der Waals surface area contributed by atoms with Gasteiger partial charge in [-0.25, -0.2) is 8.42 Å². The molecule has 21 heavy (non-hydrogen) atoms. The molecule has 1 aromatic rings. The number of pyridine rings is 1. The number of carbonyl (C=O) groups is 1. The highest BCUT2D eigenvalue weighted by molar-refractivity contribution is 7.88. The van der Waals surface area contributed by atoms with Crippen molar-refractivity contribution in [1.82, 2.24) is 14.2 Å². The van der Waals surface area contributed by atoms with Crippen molar-refractivity contribution in [2.75, 3.05) is 26.0 Å². The van der Waals surface area contributed by atoms with Crippen LogP contribution >= 0.6 is 0 Å². The van der Waals surface area contributed by atoms with Crippen LogP contribution in [0.1, 0.15) is 5.56 Å². The van der Waals surface area contributed by atoms with Gasteiger partial charge in [-0.15, -0.1) is 0 Å². The molecule has 0 bridgehead atoms. The minimum Gasteiger partial charge on any atom is -0.365 e. The second kappa shape index (κ2) is 5.36. The van der Waals surface area contributed by atoms with E-state index in [0.29, 0.717) is 19.6 Å². The summed E-state index contributed by atoms with van der Waals surface area (Å²) in [5.41, 5.74) is 0.969. The van der Waals surface area contributed by atoms with Gasteiger partial charge in [0.2, 0.25) is 15.9 Å². The van der Waals surface area contributed by atoms with Gasteiger partial charge in [-0.3, -0.25) is 9.78 Å². The van der Waals surface area contributed by atoms with Crippen LogP contribution < -0.4 is 0 Å². The lowest BCUT2D eigenvalue weighted by atomic mass is 10.1. The zero-order valence-corrected chi connectivity index (χ0v) is 12.5. The van der Waals surface area contributed by atoms with Gasteiger partial charge in [-0.05, 0) is 17.7 Å². The van der Waals surface area contributed by atoms with E-state index in [4.69, 9.17) is 4.74 Å². The average Bonchev–Trinajstić information content (AvgIpc) is 2.88. The van der Waals surface area contributed by atoms with Gasteiger partial charge in [0.25, 0.3) is 0 Å². The zero-order chi connectivity index (χ0) is 15.0. The van der Waals surface area contributed by atoms with Crippen molar-refractivity contribution >= 4 is 15.9 Å². The van der Waals surface area contributed by atoms with Crippen molar-refractivity contribution in [2.24, 2.45) is 0 Å². The fourth-order valence-corrected chi connectivity index (χ4v) is 3.63. The summed E-state index contributed by atoms with van der Waals surface area (Å²) in [5, 5.41) is 0. The number of nitrogens with zero attached hydrogens (tertiary/aromatic N) is 3. The molecule has 8 heteroatoms. The van der Waals surface area contributed by atoms with E-state index in [-0.39, 0.29) is 24.7 Å². The first kappa shape index (κ1) is 14.4. The molecular weight excluding hydrogens is 294 g/mol. The summed E-state index contributed by atoms with van der Waals surface area (Å²) < 4.78 is 30.2. The maximum Gasteiger partial charge on any atom is 0.249 e. The Balaban J connectivity index is 1.80. The van der Waals surface area contributed by atoms with Gasteiger partial charge in [-0.2, -0.15) is 4.31 Å².